The minimum Gasteiger partial charge on any atom is -0.466 e. The van der Waals surface area contributed by atoms with Crippen LogP contribution in [0.25, 0.3) is 0 Å². The molecular weight excluding hydrogens is 688 g/mol. The van der Waals surface area contributed by atoms with Crippen LogP contribution in [0.3, 0.4) is 0 Å². The molecule has 0 aromatic carbocycles. The Kier molecular flexibility index (Phi) is 7.19. The summed E-state index contributed by atoms with van der Waals surface area (Å²) in [7, 11) is 1.22. The highest BCUT2D eigenvalue weighted by Crippen LogP contribution is 2.83. The summed E-state index contributed by atoms with van der Waals surface area (Å²) in [5.74, 6) is -6.28. The van der Waals surface area contributed by atoms with E-state index in [1.165, 1.54) is 27.0 Å². The number of ether oxygens (including phenoxy) is 5. The number of aliphatic hydroxyl groups excluding tert-OH is 1. The van der Waals surface area contributed by atoms with Crippen molar-refractivity contribution in [1.29, 1.82) is 0 Å². The second kappa shape index (κ2) is 11.0. The van der Waals surface area contributed by atoms with Crippen molar-refractivity contribution in [2.45, 2.75) is 83.5 Å². The summed E-state index contributed by atoms with van der Waals surface area (Å²) in [6, 6.07) is 0. The fourth-order valence-electron chi connectivity index (χ4n) is 12.7. The van der Waals surface area contributed by atoms with Gasteiger partial charge in [0.05, 0.1) is 31.4 Å². The van der Waals surface area contributed by atoms with Crippen LogP contribution in [0.2, 0.25) is 0 Å². The summed E-state index contributed by atoms with van der Waals surface area (Å²) in [5.41, 5.74) is -1.89. The molecule has 0 unspecified atom stereocenters. The third-order valence-corrected chi connectivity index (χ3v) is 15.2. The molecular formula is C40H44O13. The van der Waals surface area contributed by atoms with E-state index >= 15 is 0 Å². The van der Waals surface area contributed by atoms with Gasteiger partial charge in [-0.05, 0) is 85.8 Å². The molecule has 5 fully saturated rings. The van der Waals surface area contributed by atoms with Gasteiger partial charge in [-0.1, -0.05) is 19.4 Å². The van der Waals surface area contributed by atoms with Gasteiger partial charge in [-0.2, -0.15) is 0 Å². The third-order valence-electron chi connectivity index (χ3n) is 15.2. The first-order chi connectivity index (χ1) is 25.1. The third kappa shape index (κ3) is 4.21. The molecule has 53 heavy (non-hydrogen) atoms. The van der Waals surface area contributed by atoms with Crippen LogP contribution in [-0.4, -0.2) is 90.1 Å². The molecule has 13 heteroatoms. The number of cyclic esters (lactones) is 3. The van der Waals surface area contributed by atoms with Crippen molar-refractivity contribution in [2.24, 2.45) is 52.3 Å². The number of hydrogen-bond donors (Lipinski definition) is 2. The van der Waals surface area contributed by atoms with Crippen molar-refractivity contribution in [3.63, 3.8) is 0 Å². The second-order valence-corrected chi connectivity index (χ2v) is 17.2. The van der Waals surface area contributed by atoms with Crippen molar-refractivity contribution in [2.75, 3.05) is 26.9 Å². The monoisotopic (exact) mass is 732 g/mol. The molecule has 2 aliphatic heterocycles. The molecule has 13 nitrogen and oxygen atoms in total. The van der Waals surface area contributed by atoms with Crippen molar-refractivity contribution < 1.29 is 62.7 Å². The van der Waals surface area contributed by atoms with E-state index < -0.39 is 88.1 Å². The van der Waals surface area contributed by atoms with Gasteiger partial charge in [-0.15, -0.1) is 0 Å². The Morgan fingerprint density at radius 3 is 2.36 bits per heavy atom. The van der Waals surface area contributed by atoms with Crippen LogP contribution in [0.4, 0.5) is 0 Å². The highest BCUT2D eigenvalue weighted by Gasteiger charge is 2.84. The largest absolute Gasteiger partial charge is 0.466 e. The van der Waals surface area contributed by atoms with Gasteiger partial charge in [0, 0.05) is 34.0 Å². The van der Waals surface area contributed by atoms with Crippen LogP contribution in [0, 0.1) is 52.3 Å². The zero-order chi connectivity index (χ0) is 37.7. The number of carbonyl (C=O) groups is 6. The van der Waals surface area contributed by atoms with Gasteiger partial charge >= 0.3 is 29.8 Å². The van der Waals surface area contributed by atoms with E-state index in [-0.39, 0.29) is 78.4 Å². The number of carbonyl (C=O) groups excluding carboxylic acids is 6. The molecule has 2 heterocycles. The number of ketones is 1. The highest BCUT2D eigenvalue weighted by atomic mass is 16.6. The predicted molar refractivity (Wildman–Crippen MR) is 179 cm³/mol. The summed E-state index contributed by atoms with van der Waals surface area (Å²) in [6.45, 7) is 6.06. The maximum Gasteiger partial charge on any atom is 0.338 e. The van der Waals surface area contributed by atoms with Crippen LogP contribution >= 0.6 is 0 Å². The van der Waals surface area contributed by atoms with Gasteiger partial charge in [-0.25, -0.2) is 14.4 Å². The highest BCUT2D eigenvalue weighted by molar-refractivity contribution is 6.09. The topological polar surface area (TPSA) is 189 Å². The van der Waals surface area contributed by atoms with Crippen LogP contribution < -0.4 is 0 Å². The molecule has 5 saturated carbocycles. The maximum atomic E-state index is 14.6. The van der Waals surface area contributed by atoms with E-state index in [1.807, 2.05) is 6.92 Å². The number of allylic oxidation sites excluding steroid dienone is 1. The number of hydrogen-bond acceptors (Lipinski definition) is 13. The SMILES string of the molecule is COC(=O)/C(C)=C1\C(=O)[C@H](O)[C@]2(C)C3=C(C[C@@H]4[C@]5(OC(=O)C6=C5C[C@H]5[C@](O)(COC(=O)/C(C)=C/COC(=O)CCC(=O)OC6)[C@H]6C[C@H]6[C@]45C)[C@H]31)[C@H]1C[C@H]12. The van der Waals surface area contributed by atoms with Gasteiger partial charge in [0.2, 0.25) is 0 Å². The number of Topliss-reactive ketones (excluding diaryl/α,β-unsaturated/α-hetero) is 1. The predicted octanol–water partition coefficient (Wildman–Crippen LogP) is 2.38. The maximum absolute atomic E-state index is 14.6. The van der Waals surface area contributed by atoms with Crippen molar-refractivity contribution >= 4 is 35.6 Å². The molecule has 2 bridgehead atoms. The second-order valence-electron chi connectivity index (χ2n) is 17.2. The van der Waals surface area contributed by atoms with Crippen molar-refractivity contribution in [3.05, 3.63) is 45.1 Å². The van der Waals surface area contributed by atoms with E-state index in [4.69, 9.17) is 23.7 Å². The van der Waals surface area contributed by atoms with Gasteiger partial charge in [0.15, 0.2) is 5.78 Å². The van der Waals surface area contributed by atoms with Crippen molar-refractivity contribution in [3.8, 4) is 0 Å². The first-order valence-corrected chi connectivity index (χ1v) is 18.6. The van der Waals surface area contributed by atoms with E-state index in [0.29, 0.717) is 18.4 Å². The van der Waals surface area contributed by atoms with E-state index in [2.05, 4.69) is 6.92 Å². The standard InChI is InChI=1S/C40H44O13/c1-16-8-9-50-27(41)6-7-28(42)51-14-20-22-13-25-37(3,23-12-24(23)39(25,48)15-52-34(16)45)26-11-19-18-10-21(18)38(4)30(19)31(40(22,26)53-36(20)47)29(32(43)33(38)44)17(2)35(46)49-5/h8,18,21,23-26,31,33,44,48H,6-7,9-15H2,1-5H3/b16-8+,29-17-/t18-,21-,23-,24+,25-,26+,31+,33+,37+,38+,39+,40+/m1/s1. The Labute approximate surface area is 305 Å². The molecule has 0 radical (unpaired) electrons. The van der Waals surface area contributed by atoms with E-state index in [0.717, 1.165) is 17.6 Å². The molecule has 9 rings (SSSR count). The molecule has 2 N–H and O–H groups in total. The average molecular weight is 733 g/mol. The van der Waals surface area contributed by atoms with Crippen LogP contribution in [0.1, 0.15) is 66.2 Å². The number of fused-ring (bicyclic) bond motifs is 7. The number of rotatable bonds is 1. The number of methoxy groups -OCH3 is 1. The summed E-state index contributed by atoms with van der Waals surface area (Å²) in [5, 5.41) is 24.6. The van der Waals surface area contributed by atoms with Gasteiger partial charge in [0.1, 0.15) is 37.1 Å². The lowest BCUT2D eigenvalue weighted by molar-refractivity contribution is -0.191. The minimum absolute atomic E-state index is 0.00160. The summed E-state index contributed by atoms with van der Waals surface area (Å²) in [6.07, 6.45) is 1.42. The normalized spacial score (nSPS) is 47.3. The van der Waals surface area contributed by atoms with Crippen molar-refractivity contribution in [1.82, 2.24) is 0 Å². The Bertz CT molecular complexity index is 1970. The summed E-state index contributed by atoms with van der Waals surface area (Å²) in [4.78, 5) is 80.8. The zero-order valence-corrected chi connectivity index (χ0v) is 30.4. The van der Waals surface area contributed by atoms with Gasteiger partial charge < -0.3 is 33.9 Å². The Morgan fingerprint density at radius 2 is 1.64 bits per heavy atom. The molecule has 0 aromatic heterocycles. The first-order valence-electron chi connectivity index (χ1n) is 18.6. The molecule has 0 saturated heterocycles. The summed E-state index contributed by atoms with van der Waals surface area (Å²) >= 11 is 0. The first kappa shape index (κ1) is 34.7. The zero-order valence-electron chi connectivity index (χ0n) is 30.4. The molecule has 7 aliphatic carbocycles. The van der Waals surface area contributed by atoms with Gasteiger partial charge in [0.25, 0.3) is 0 Å². The quantitative estimate of drug-likeness (QED) is 0.173. The molecule has 1 spiro atoms. The smallest absolute Gasteiger partial charge is 0.338 e. The van der Waals surface area contributed by atoms with Crippen LogP contribution in [0.5, 0.6) is 0 Å². The Hall–Kier alpha value is -4.10. The summed E-state index contributed by atoms with van der Waals surface area (Å²) < 4.78 is 28.4. The molecule has 0 aromatic rings. The van der Waals surface area contributed by atoms with Gasteiger partial charge in [-0.3, -0.25) is 14.4 Å². The number of esters is 5. The van der Waals surface area contributed by atoms with E-state index in [9.17, 15) is 39.0 Å². The lowest BCUT2D eigenvalue weighted by Crippen LogP contribution is -2.67. The fraction of sp³-hybridized carbons (Fsp3) is 0.650. The molecule has 0 amide bonds. The fourth-order valence-corrected chi connectivity index (χ4v) is 12.7. The lowest BCUT2D eigenvalue weighted by atomic mass is 9.42. The minimum atomic E-state index is -1.51. The molecule has 282 valence electrons. The Morgan fingerprint density at radius 1 is 0.925 bits per heavy atom. The van der Waals surface area contributed by atoms with Crippen LogP contribution in [0.15, 0.2) is 45.1 Å². The van der Waals surface area contributed by atoms with E-state index in [1.54, 1.807) is 0 Å². The number of aliphatic hydroxyl groups is 2. The average Bonchev–Trinajstić information content (AvgIpc) is 4.05. The van der Waals surface area contributed by atoms with Crippen LogP contribution in [-0.2, 0) is 52.5 Å². The Balaban J connectivity index is 1.27. The lowest BCUT2D eigenvalue weighted by Gasteiger charge is -2.63. The molecule has 12 atom stereocenters. The molecule has 9 aliphatic rings.